The molecule has 4 unspecified atom stereocenters. The zero-order chi connectivity index (χ0) is 14.8. The van der Waals surface area contributed by atoms with Crippen molar-refractivity contribution in [3.05, 3.63) is 71.8 Å². The number of nitrogens with one attached hydrogen (secondary N) is 5. The smallest absolute Gasteiger partial charge is 0.0658 e. The molecule has 2 aromatic carbocycles. The van der Waals surface area contributed by atoms with Crippen LogP contribution in [-0.2, 0) is 0 Å². The lowest BCUT2D eigenvalue weighted by Crippen LogP contribution is -2.47. The summed E-state index contributed by atoms with van der Waals surface area (Å²) in [6.07, 6.45) is 1.05. The average Bonchev–Trinajstić information content (AvgIpc) is 3.25. The van der Waals surface area contributed by atoms with Crippen molar-refractivity contribution in [2.75, 3.05) is 0 Å². The van der Waals surface area contributed by atoms with Gasteiger partial charge in [-0.15, -0.1) is 0 Å². The Bertz CT molecular complexity index is 603. The van der Waals surface area contributed by atoms with E-state index >= 15 is 0 Å². The molecule has 2 heterocycles. The molecule has 0 radical (unpaired) electrons. The number of hydrogen-bond donors (Lipinski definition) is 5. The van der Waals surface area contributed by atoms with Crippen molar-refractivity contribution in [3.8, 4) is 0 Å². The fourth-order valence-corrected chi connectivity index (χ4v) is 3.38. The van der Waals surface area contributed by atoms with Gasteiger partial charge < -0.3 is 0 Å². The highest BCUT2D eigenvalue weighted by atomic mass is 15.7. The Balaban J connectivity index is 1.48. The molecule has 5 heteroatoms. The van der Waals surface area contributed by atoms with Crippen LogP contribution in [0.5, 0.6) is 0 Å². The minimum Gasteiger partial charge on any atom is -0.252 e. The summed E-state index contributed by atoms with van der Waals surface area (Å²) in [5, 5.41) is 0. The van der Waals surface area contributed by atoms with E-state index in [0.717, 1.165) is 6.42 Å². The summed E-state index contributed by atoms with van der Waals surface area (Å²) in [6, 6.07) is 22.4. The number of hydrogen-bond acceptors (Lipinski definition) is 5. The highest BCUT2D eigenvalue weighted by Crippen LogP contribution is 2.28. The quantitative estimate of drug-likeness (QED) is 0.591. The first-order chi connectivity index (χ1) is 10.9. The molecule has 2 fully saturated rings. The molecular formula is C17H21N5. The second-order valence-corrected chi connectivity index (χ2v) is 5.92. The molecule has 0 spiro atoms. The predicted molar refractivity (Wildman–Crippen MR) is 86.2 cm³/mol. The third-order valence-electron chi connectivity index (χ3n) is 4.55. The largest absolute Gasteiger partial charge is 0.252 e. The summed E-state index contributed by atoms with van der Waals surface area (Å²) in [5.41, 5.74) is 19.3. The van der Waals surface area contributed by atoms with E-state index in [1.54, 1.807) is 0 Å². The summed E-state index contributed by atoms with van der Waals surface area (Å²) in [4.78, 5) is 0. The summed E-state index contributed by atoms with van der Waals surface area (Å²) in [5.74, 6) is 0. The Kier molecular flexibility index (Phi) is 3.88. The molecule has 114 valence electrons. The SMILES string of the molecule is c1ccc(C2CC(C3NNNC3c3ccccc3)NN2)cc1. The zero-order valence-corrected chi connectivity index (χ0v) is 12.3. The van der Waals surface area contributed by atoms with E-state index in [9.17, 15) is 0 Å². The fraction of sp³-hybridized carbons (Fsp3) is 0.294. The molecular weight excluding hydrogens is 274 g/mol. The van der Waals surface area contributed by atoms with Crippen LogP contribution in [-0.4, -0.2) is 12.1 Å². The first-order valence-corrected chi connectivity index (χ1v) is 7.79. The fourth-order valence-electron chi connectivity index (χ4n) is 3.38. The summed E-state index contributed by atoms with van der Waals surface area (Å²) in [7, 11) is 0. The van der Waals surface area contributed by atoms with Crippen molar-refractivity contribution < 1.29 is 0 Å². The van der Waals surface area contributed by atoms with Crippen LogP contribution in [0.25, 0.3) is 0 Å². The van der Waals surface area contributed by atoms with Crippen molar-refractivity contribution in [2.24, 2.45) is 0 Å². The average molecular weight is 295 g/mol. The van der Waals surface area contributed by atoms with E-state index in [2.05, 4.69) is 87.9 Å². The lowest BCUT2D eigenvalue weighted by atomic mass is 9.91. The second kappa shape index (κ2) is 6.16. The lowest BCUT2D eigenvalue weighted by Gasteiger charge is -2.23. The summed E-state index contributed by atoms with van der Waals surface area (Å²) < 4.78 is 0. The molecule has 0 amide bonds. The Morgan fingerprint density at radius 2 is 1.36 bits per heavy atom. The van der Waals surface area contributed by atoms with Gasteiger partial charge in [0.05, 0.1) is 12.1 Å². The summed E-state index contributed by atoms with van der Waals surface area (Å²) >= 11 is 0. The molecule has 22 heavy (non-hydrogen) atoms. The predicted octanol–water partition coefficient (Wildman–Crippen LogP) is 1.32. The van der Waals surface area contributed by atoms with Crippen LogP contribution in [0.3, 0.4) is 0 Å². The molecule has 2 aliphatic heterocycles. The maximum Gasteiger partial charge on any atom is 0.0658 e. The second-order valence-electron chi connectivity index (χ2n) is 5.92. The first-order valence-electron chi connectivity index (χ1n) is 7.79. The van der Waals surface area contributed by atoms with Gasteiger partial charge in [0.25, 0.3) is 0 Å². The third kappa shape index (κ3) is 2.65. The molecule has 4 rings (SSSR count). The maximum absolute atomic E-state index is 3.45. The number of hydrazine groups is 3. The Hall–Kier alpha value is -1.76. The molecule has 0 aliphatic carbocycles. The van der Waals surface area contributed by atoms with Crippen molar-refractivity contribution in [1.29, 1.82) is 0 Å². The molecule has 4 atom stereocenters. The zero-order valence-electron chi connectivity index (χ0n) is 12.3. The van der Waals surface area contributed by atoms with Crippen LogP contribution in [0.1, 0.15) is 29.6 Å². The van der Waals surface area contributed by atoms with Gasteiger partial charge in [-0.2, -0.15) is 5.53 Å². The topological polar surface area (TPSA) is 60.1 Å². The molecule has 0 aromatic heterocycles. The van der Waals surface area contributed by atoms with Crippen LogP contribution in [0, 0.1) is 0 Å². The van der Waals surface area contributed by atoms with Crippen LogP contribution in [0.2, 0.25) is 0 Å². The maximum atomic E-state index is 3.45. The minimum atomic E-state index is 0.245. The van der Waals surface area contributed by atoms with Crippen LogP contribution < -0.4 is 27.2 Å². The minimum absolute atomic E-state index is 0.245. The Morgan fingerprint density at radius 3 is 2.09 bits per heavy atom. The van der Waals surface area contributed by atoms with Gasteiger partial charge in [0.15, 0.2) is 0 Å². The molecule has 2 saturated heterocycles. The van der Waals surface area contributed by atoms with E-state index in [-0.39, 0.29) is 12.1 Å². The Labute approximate surface area is 130 Å². The van der Waals surface area contributed by atoms with Gasteiger partial charge in [0, 0.05) is 12.1 Å². The van der Waals surface area contributed by atoms with E-state index in [1.807, 2.05) is 0 Å². The number of benzene rings is 2. The van der Waals surface area contributed by atoms with Gasteiger partial charge in [-0.3, -0.25) is 5.43 Å². The standard InChI is InChI=1S/C17H21N5/c1-3-7-12(8-4-1)14-11-15(19-18-14)17-16(20-22-21-17)13-9-5-2-6-10-13/h1-10,14-22H,11H2. The van der Waals surface area contributed by atoms with Crippen LogP contribution in [0.4, 0.5) is 0 Å². The molecule has 2 aliphatic rings. The molecule has 5 N–H and O–H groups in total. The first kappa shape index (κ1) is 13.9. The van der Waals surface area contributed by atoms with Gasteiger partial charge in [-0.1, -0.05) is 60.7 Å². The van der Waals surface area contributed by atoms with E-state index < -0.39 is 0 Å². The molecule has 5 nitrogen and oxygen atoms in total. The molecule has 0 bridgehead atoms. The highest BCUT2D eigenvalue weighted by molar-refractivity contribution is 5.24. The van der Waals surface area contributed by atoms with E-state index in [4.69, 9.17) is 0 Å². The lowest BCUT2D eigenvalue weighted by molar-refractivity contribution is 0.390. The van der Waals surface area contributed by atoms with Gasteiger partial charge in [-0.25, -0.2) is 16.3 Å². The Morgan fingerprint density at radius 1 is 0.682 bits per heavy atom. The van der Waals surface area contributed by atoms with Crippen LogP contribution in [0.15, 0.2) is 60.7 Å². The third-order valence-corrected chi connectivity index (χ3v) is 4.55. The van der Waals surface area contributed by atoms with E-state index in [1.165, 1.54) is 11.1 Å². The summed E-state index contributed by atoms with van der Waals surface area (Å²) in [6.45, 7) is 0. The van der Waals surface area contributed by atoms with Gasteiger partial charge in [0.2, 0.25) is 0 Å². The van der Waals surface area contributed by atoms with E-state index in [0.29, 0.717) is 12.1 Å². The van der Waals surface area contributed by atoms with Gasteiger partial charge >= 0.3 is 0 Å². The molecule has 2 aromatic rings. The van der Waals surface area contributed by atoms with Crippen molar-refractivity contribution >= 4 is 0 Å². The highest BCUT2D eigenvalue weighted by Gasteiger charge is 2.38. The number of rotatable bonds is 3. The van der Waals surface area contributed by atoms with Crippen molar-refractivity contribution in [2.45, 2.75) is 30.6 Å². The monoisotopic (exact) mass is 295 g/mol. The van der Waals surface area contributed by atoms with Crippen molar-refractivity contribution in [3.63, 3.8) is 0 Å². The van der Waals surface area contributed by atoms with Gasteiger partial charge in [0.1, 0.15) is 0 Å². The molecule has 0 saturated carbocycles. The van der Waals surface area contributed by atoms with Crippen LogP contribution >= 0.6 is 0 Å². The van der Waals surface area contributed by atoms with Crippen molar-refractivity contribution in [1.82, 2.24) is 27.2 Å². The van der Waals surface area contributed by atoms with Gasteiger partial charge in [-0.05, 0) is 17.5 Å². The normalized spacial score (nSPS) is 31.5.